The van der Waals surface area contributed by atoms with Crippen molar-refractivity contribution in [3.63, 3.8) is 0 Å². The van der Waals surface area contributed by atoms with Crippen LogP contribution >= 0.6 is 0 Å². The molecule has 1 atom stereocenters. The SMILES string of the molecule is Cc1ccccc1S(=O)(=O)NC1Cc2ccc(C(=O)CCC(=O)O)cc2C1. The molecule has 6 nitrogen and oxygen atoms in total. The van der Waals surface area contributed by atoms with Gasteiger partial charge in [0.2, 0.25) is 10.0 Å². The van der Waals surface area contributed by atoms with Gasteiger partial charge in [-0.15, -0.1) is 0 Å². The molecule has 142 valence electrons. The maximum atomic E-state index is 12.7. The Kier molecular flexibility index (Phi) is 5.43. The molecule has 7 heteroatoms. The van der Waals surface area contributed by atoms with Gasteiger partial charge in [-0.1, -0.05) is 30.3 Å². The molecule has 27 heavy (non-hydrogen) atoms. The number of benzene rings is 2. The lowest BCUT2D eigenvalue weighted by Crippen LogP contribution is -2.35. The second-order valence-corrected chi connectivity index (χ2v) is 8.47. The first-order valence-electron chi connectivity index (χ1n) is 8.71. The van der Waals surface area contributed by atoms with Crippen molar-refractivity contribution in [2.24, 2.45) is 0 Å². The van der Waals surface area contributed by atoms with Crippen molar-refractivity contribution in [2.75, 3.05) is 0 Å². The van der Waals surface area contributed by atoms with Crippen LogP contribution in [0.5, 0.6) is 0 Å². The number of hydrogen-bond acceptors (Lipinski definition) is 4. The van der Waals surface area contributed by atoms with E-state index in [-0.39, 0.29) is 29.6 Å². The Bertz CT molecular complexity index is 997. The minimum Gasteiger partial charge on any atom is -0.481 e. The number of ketones is 1. The van der Waals surface area contributed by atoms with Crippen LogP contribution in [0.15, 0.2) is 47.4 Å². The summed E-state index contributed by atoms with van der Waals surface area (Å²) in [6.45, 7) is 1.76. The molecule has 0 aliphatic heterocycles. The maximum absolute atomic E-state index is 12.7. The average molecular weight is 387 g/mol. The topological polar surface area (TPSA) is 101 Å². The number of aryl methyl sites for hydroxylation is 1. The highest BCUT2D eigenvalue weighted by Crippen LogP contribution is 2.26. The van der Waals surface area contributed by atoms with E-state index < -0.39 is 16.0 Å². The lowest BCUT2D eigenvalue weighted by Gasteiger charge is -2.14. The summed E-state index contributed by atoms with van der Waals surface area (Å²) < 4.78 is 28.1. The maximum Gasteiger partial charge on any atom is 0.303 e. The van der Waals surface area contributed by atoms with Gasteiger partial charge in [-0.2, -0.15) is 0 Å². The number of carboxylic acids is 1. The zero-order valence-electron chi connectivity index (χ0n) is 14.9. The van der Waals surface area contributed by atoms with E-state index in [2.05, 4.69) is 4.72 Å². The largest absolute Gasteiger partial charge is 0.481 e. The third kappa shape index (κ3) is 4.43. The standard InChI is InChI=1S/C20H21NO5S/c1-13-4-2-3-5-19(13)27(25,26)21-17-11-14-6-7-15(10-16(14)12-17)18(22)8-9-20(23)24/h2-7,10,17,21H,8-9,11-12H2,1H3,(H,23,24). The number of nitrogens with one attached hydrogen (secondary N) is 1. The number of aliphatic carboxylic acids is 1. The molecule has 2 aromatic carbocycles. The van der Waals surface area contributed by atoms with Crippen LogP contribution in [0.1, 0.15) is 39.9 Å². The molecule has 0 heterocycles. The van der Waals surface area contributed by atoms with Gasteiger partial charge >= 0.3 is 5.97 Å². The van der Waals surface area contributed by atoms with Gasteiger partial charge in [-0.25, -0.2) is 13.1 Å². The summed E-state index contributed by atoms with van der Waals surface area (Å²) in [5.74, 6) is -1.22. The Morgan fingerprint density at radius 2 is 1.78 bits per heavy atom. The number of carbonyl (C=O) groups excluding carboxylic acids is 1. The molecule has 0 saturated carbocycles. The number of sulfonamides is 1. The molecular weight excluding hydrogens is 366 g/mol. The molecule has 0 fully saturated rings. The molecule has 1 aliphatic rings. The van der Waals surface area contributed by atoms with Crippen LogP contribution in [0.3, 0.4) is 0 Å². The predicted octanol–water partition coefficient (Wildman–Crippen LogP) is 2.49. The first-order chi connectivity index (χ1) is 12.8. The summed E-state index contributed by atoms with van der Waals surface area (Å²) >= 11 is 0. The molecule has 0 saturated heterocycles. The Balaban J connectivity index is 1.72. The van der Waals surface area contributed by atoms with Gasteiger partial charge in [0.05, 0.1) is 11.3 Å². The normalized spacial score (nSPS) is 16.1. The Morgan fingerprint density at radius 1 is 1.07 bits per heavy atom. The van der Waals surface area contributed by atoms with E-state index in [1.54, 1.807) is 43.3 Å². The smallest absolute Gasteiger partial charge is 0.303 e. The second-order valence-electron chi connectivity index (χ2n) is 6.79. The Morgan fingerprint density at radius 3 is 2.48 bits per heavy atom. The van der Waals surface area contributed by atoms with Crippen LogP contribution in [0, 0.1) is 6.92 Å². The summed E-state index contributed by atoms with van der Waals surface area (Å²) in [6.07, 6.45) is 0.816. The lowest BCUT2D eigenvalue weighted by atomic mass is 10.0. The average Bonchev–Trinajstić information content (AvgIpc) is 3.00. The number of carboxylic acid groups (broad SMARTS) is 1. The van der Waals surface area contributed by atoms with E-state index in [9.17, 15) is 18.0 Å². The fourth-order valence-electron chi connectivity index (χ4n) is 3.38. The fourth-order valence-corrected chi connectivity index (χ4v) is 4.86. The van der Waals surface area contributed by atoms with Crippen molar-refractivity contribution in [1.82, 2.24) is 4.72 Å². The van der Waals surface area contributed by atoms with Crippen molar-refractivity contribution < 1.29 is 23.1 Å². The number of carbonyl (C=O) groups is 2. The summed E-state index contributed by atoms with van der Waals surface area (Å²) in [4.78, 5) is 23.0. The van der Waals surface area contributed by atoms with E-state index in [4.69, 9.17) is 5.11 Å². The van der Waals surface area contributed by atoms with Crippen LogP contribution in [-0.2, 0) is 27.7 Å². The van der Waals surface area contributed by atoms with Gasteiger partial charge in [-0.05, 0) is 48.6 Å². The van der Waals surface area contributed by atoms with Gasteiger partial charge in [0.15, 0.2) is 5.78 Å². The van der Waals surface area contributed by atoms with Crippen LogP contribution in [0.2, 0.25) is 0 Å². The quantitative estimate of drug-likeness (QED) is 0.711. The van der Waals surface area contributed by atoms with Crippen molar-refractivity contribution in [3.05, 3.63) is 64.7 Å². The lowest BCUT2D eigenvalue weighted by molar-refractivity contribution is -0.136. The molecule has 2 N–H and O–H groups in total. The molecule has 2 aromatic rings. The number of rotatable bonds is 7. The number of fused-ring (bicyclic) bond motifs is 1. The van der Waals surface area contributed by atoms with E-state index >= 15 is 0 Å². The highest BCUT2D eigenvalue weighted by molar-refractivity contribution is 7.89. The van der Waals surface area contributed by atoms with Gasteiger partial charge < -0.3 is 5.11 Å². The van der Waals surface area contributed by atoms with Gasteiger partial charge in [0, 0.05) is 18.0 Å². The molecule has 3 rings (SSSR count). The summed E-state index contributed by atoms with van der Waals surface area (Å²) in [5, 5.41) is 8.70. The van der Waals surface area contributed by atoms with E-state index in [0.717, 1.165) is 11.1 Å². The molecule has 0 spiro atoms. The van der Waals surface area contributed by atoms with Crippen LogP contribution < -0.4 is 4.72 Å². The molecule has 0 radical (unpaired) electrons. The number of Topliss-reactive ketones (excluding diaryl/α,β-unsaturated/α-hetero) is 1. The van der Waals surface area contributed by atoms with Crippen molar-refractivity contribution in [1.29, 1.82) is 0 Å². The minimum atomic E-state index is -3.62. The number of hydrogen-bond donors (Lipinski definition) is 2. The Labute approximate surface area is 158 Å². The second kappa shape index (κ2) is 7.62. The van der Waals surface area contributed by atoms with Crippen LogP contribution in [0.4, 0.5) is 0 Å². The van der Waals surface area contributed by atoms with Crippen molar-refractivity contribution in [2.45, 2.75) is 43.5 Å². The summed E-state index contributed by atoms with van der Waals surface area (Å²) in [7, 11) is -3.62. The minimum absolute atomic E-state index is 0.0442. The zero-order chi connectivity index (χ0) is 19.6. The monoisotopic (exact) mass is 387 g/mol. The predicted molar refractivity (Wildman–Crippen MR) is 100 cm³/mol. The summed E-state index contributed by atoms with van der Waals surface area (Å²) in [6, 6.07) is 11.8. The fraction of sp³-hybridized carbons (Fsp3) is 0.300. The van der Waals surface area contributed by atoms with Crippen molar-refractivity contribution >= 4 is 21.8 Å². The van der Waals surface area contributed by atoms with E-state index in [1.807, 2.05) is 6.07 Å². The molecular formula is C20H21NO5S. The molecule has 0 aromatic heterocycles. The first-order valence-corrected chi connectivity index (χ1v) is 10.2. The Hall–Kier alpha value is -2.51. The van der Waals surface area contributed by atoms with E-state index in [1.165, 1.54) is 0 Å². The van der Waals surface area contributed by atoms with Crippen molar-refractivity contribution in [3.8, 4) is 0 Å². The summed E-state index contributed by atoms with van der Waals surface area (Å²) in [5.41, 5.74) is 3.08. The highest BCUT2D eigenvalue weighted by atomic mass is 32.2. The van der Waals surface area contributed by atoms with E-state index in [0.29, 0.717) is 24.0 Å². The van der Waals surface area contributed by atoms with Gasteiger partial charge in [0.1, 0.15) is 0 Å². The highest BCUT2D eigenvalue weighted by Gasteiger charge is 2.27. The zero-order valence-corrected chi connectivity index (χ0v) is 15.8. The van der Waals surface area contributed by atoms with Crippen LogP contribution in [0.25, 0.3) is 0 Å². The first kappa shape index (κ1) is 19.3. The third-order valence-corrected chi connectivity index (χ3v) is 6.41. The molecule has 0 bridgehead atoms. The molecule has 0 amide bonds. The van der Waals surface area contributed by atoms with Gasteiger partial charge in [-0.3, -0.25) is 9.59 Å². The third-order valence-electron chi connectivity index (χ3n) is 4.73. The molecule has 1 unspecified atom stereocenters. The van der Waals surface area contributed by atoms with Crippen LogP contribution in [-0.4, -0.2) is 31.3 Å². The van der Waals surface area contributed by atoms with Gasteiger partial charge in [0.25, 0.3) is 0 Å². The molecule has 1 aliphatic carbocycles.